The molecular weight excluding hydrogens is 340 g/mol. The number of nitriles is 1. The van der Waals surface area contributed by atoms with Crippen LogP contribution in [-0.2, 0) is 11.2 Å². The number of aromatic amines is 1. The summed E-state index contributed by atoms with van der Waals surface area (Å²) in [6.07, 6.45) is 4.02. The number of nitrogens with zero attached hydrogens (tertiary/aromatic N) is 1. The van der Waals surface area contributed by atoms with Gasteiger partial charge in [0.15, 0.2) is 0 Å². The van der Waals surface area contributed by atoms with Crippen molar-refractivity contribution in [3.63, 3.8) is 0 Å². The van der Waals surface area contributed by atoms with Gasteiger partial charge in [0.2, 0.25) is 5.78 Å². The molecule has 0 atom stereocenters. The van der Waals surface area contributed by atoms with Crippen LogP contribution in [0.4, 0.5) is 0 Å². The van der Waals surface area contributed by atoms with Gasteiger partial charge < -0.3 is 9.72 Å². The summed E-state index contributed by atoms with van der Waals surface area (Å²) in [7, 11) is 1.31. The third-order valence-corrected chi connectivity index (χ3v) is 4.44. The van der Waals surface area contributed by atoms with Crippen molar-refractivity contribution in [3.8, 4) is 6.07 Å². The SMILES string of the molecule is CCc1cccc2c(C(=O)/C(C#N)=C/c3ccc(C(=O)OC)cc3)c[nH]c12. The number of ketones is 1. The molecule has 3 aromatic rings. The van der Waals surface area contributed by atoms with Crippen LogP contribution in [-0.4, -0.2) is 23.8 Å². The molecule has 134 valence electrons. The largest absolute Gasteiger partial charge is 0.465 e. The zero-order chi connectivity index (χ0) is 19.4. The van der Waals surface area contributed by atoms with Crippen LogP contribution in [0.5, 0.6) is 0 Å². The van der Waals surface area contributed by atoms with Crippen molar-refractivity contribution in [2.24, 2.45) is 0 Å². The minimum Gasteiger partial charge on any atom is -0.465 e. The van der Waals surface area contributed by atoms with E-state index in [0.29, 0.717) is 16.7 Å². The van der Waals surface area contributed by atoms with Crippen molar-refractivity contribution in [2.45, 2.75) is 13.3 Å². The number of carbonyl (C=O) groups is 2. The molecule has 0 saturated heterocycles. The maximum atomic E-state index is 12.9. The number of fused-ring (bicyclic) bond motifs is 1. The molecule has 0 saturated carbocycles. The highest BCUT2D eigenvalue weighted by Gasteiger charge is 2.17. The Morgan fingerprint density at radius 3 is 2.56 bits per heavy atom. The first-order valence-electron chi connectivity index (χ1n) is 8.52. The highest BCUT2D eigenvalue weighted by molar-refractivity contribution is 6.20. The van der Waals surface area contributed by atoms with Gasteiger partial charge in [-0.2, -0.15) is 5.26 Å². The molecule has 0 aliphatic carbocycles. The van der Waals surface area contributed by atoms with E-state index in [1.54, 1.807) is 30.5 Å². The van der Waals surface area contributed by atoms with E-state index >= 15 is 0 Å². The fourth-order valence-electron chi connectivity index (χ4n) is 2.99. The number of para-hydroxylation sites is 1. The molecule has 2 aromatic carbocycles. The second-order valence-electron chi connectivity index (χ2n) is 6.01. The third-order valence-electron chi connectivity index (χ3n) is 4.44. The van der Waals surface area contributed by atoms with Crippen molar-refractivity contribution in [2.75, 3.05) is 7.11 Å². The molecule has 1 aromatic heterocycles. The van der Waals surface area contributed by atoms with E-state index in [-0.39, 0.29) is 11.4 Å². The number of nitrogens with one attached hydrogen (secondary N) is 1. The number of carbonyl (C=O) groups excluding carboxylic acids is 2. The molecule has 0 amide bonds. The molecule has 0 bridgehead atoms. The number of aryl methyl sites for hydroxylation is 1. The molecule has 3 rings (SSSR count). The summed E-state index contributed by atoms with van der Waals surface area (Å²) in [5.74, 6) is -0.776. The molecular formula is C22H18N2O3. The Bertz CT molecular complexity index is 1080. The Morgan fingerprint density at radius 2 is 1.93 bits per heavy atom. The van der Waals surface area contributed by atoms with Crippen molar-refractivity contribution < 1.29 is 14.3 Å². The number of Topliss-reactive ketones (excluding diaryl/α,β-unsaturated/α-hetero) is 1. The summed E-state index contributed by atoms with van der Waals surface area (Å²) < 4.78 is 4.66. The first-order chi connectivity index (χ1) is 13.1. The predicted molar refractivity (Wildman–Crippen MR) is 103 cm³/mol. The molecule has 0 fully saturated rings. The number of hydrogen-bond acceptors (Lipinski definition) is 4. The molecule has 0 unspecified atom stereocenters. The van der Waals surface area contributed by atoms with Gasteiger partial charge >= 0.3 is 5.97 Å². The summed E-state index contributed by atoms with van der Waals surface area (Å²) in [5, 5.41) is 10.3. The van der Waals surface area contributed by atoms with E-state index in [0.717, 1.165) is 22.9 Å². The van der Waals surface area contributed by atoms with E-state index in [4.69, 9.17) is 0 Å². The molecule has 0 radical (unpaired) electrons. The molecule has 0 aliphatic heterocycles. The Morgan fingerprint density at radius 1 is 1.19 bits per heavy atom. The lowest BCUT2D eigenvalue weighted by molar-refractivity contribution is 0.0600. The monoisotopic (exact) mass is 358 g/mol. The van der Waals surface area contributed by atoms with E-state index < -0.39 is 5.97 Å². The Labute approximate surface area is 156 Å². The number of rotatable bonds is 5. The number of H-pyrrole nitrogens is 1. The highest BCUT2D eigenvalue weighted by atomic mass is 16.5. The van der Waals surface area contributed by atoms with Crippen molar-refractivity contribution >= 4 is 28.7 Å². The number of allylic oxidation sites excluding steroid dienone is 1. The topological polar surface area (TPSA) is 82.9 Å². The number of esters is 1. The molecule has 27 heavy (non-hydrogen) atoms. The highest BCUT2D eigenvalue weighted by Crippen LogP contribution is 2.25. The van der Waals surface area contributed by atoms with Crippen LogP contribution in [0.2, 0.25) is 0 Å². The minimum atomic E-state index is -0.437. The van der Waals surface area contributed by atoms with Gasteiger partial charge in [0, 0.05) is 22.7 Å². The zero-order valence-corrected chi connectivity index (χ0v) is 15.1. The standard InChI is InChI=1S/C22H18N2O3/c1-3-15-5-4-6-18-19(13-24-20(15)18)21(25)17(12-23)11-14-7-9-16(10-8-14)22(26)27-2/h4-11,13,24H,3H2,1-2H3/b17-11+. The Kier molecular flexibility index (Phi) is 5.18. The summed E-state index contributed by atoms with van der Waals surface area (Å²) in [5.41, 5.74) is 3.60. The van der Waals surface area contributed by atoms with Gasteiger partial charge in [-0.25, -0.2) is 4.79 Å². The number of aromatic nitrogens is 1. The van der Waals surface area contributed by atoms with Crippen molar-refractivity contribution in [1.29, 1.82) is 5.26 Å². The quantitative estimate of drug-likeness (QED) is 0.319. The Balaban J connectivity index is 1.96. The first-order valence-corrected chi connectivity index (χ1v) is 8.52. The van der Waals surface area contributed by atoms with Gasteiger partial charge in [0.25, 0.3) is 0 Å². The zero-order valence-electron chi connectivity index (χ0n) is 15.1. The number of ether oxygens (including phenoxy) is 1. The van der Waals surface area contributed by atoms with Crippen LogP contribution in [0.15, 0.2) is 54.2 Å². The van der Waals surface area contributed by atoms with Gasteiger partial charge in [-0.05, 0) is 35.8 Å². The van der Waals surface area contributed by atoms with Crippen LogP contribution in [0, 0.1) is 11.3 Å². The average Bonchev–Trinajstić information content (AvgIpc) is 3.15. The second kappa shape index (κ2) is 7.71. The van der Waals surface area contributed by atoms with Crippen LogP contribution < -0.4 is 0 Å². The van der Waals surface area contributed by atoms with Crippen LogP contribution in [0.3, 0.4) is 0 Å². The van der Waals surface area contributed by atoms with Crippen LogP contribution in [0.25, 0.3) is 17.0 Å². The predicted octanol–water partition coefficient (Wildman–Crippen LogP) is 4.31. The van der Waals surface area contributed by atoms with Gasteiger partial charge in [-0.1, -0.05) is 37.3 Å². The lowest BCUT2D eigenvalue weighted by Crippen LogP contribution is -2.02. The smallest absolute Gasteiger partial charge is 0.337 e. The molecule has 0 aliphatic rings. The summed E-state index contributed by atoms with van der Waals surface area (Å²) in [6.45, 7) is 2.05. The summed E-state index contributed by atoms with van der Waals surface area (Å²) >= 11 is 0. The molecule has 5 heteroatoms. The third kappa shape index (κ3) is 3.51. The van der Waals surface area contributed by atoms with Crippen LogP contribution in [0.1, 0.15) is 38.8 Å². The summed E-state index contributed by atoms with van der Waals surface area (Å²) in [6, 6.07) is 14.3. The molecule has 5 nitrogen and oxygen atoms in total. The maximum absolute atomic E-state index is 12.9. The minimum absolute atomic E-state index is 0.0311. The fraction of sp³-hybridized carbons (Fsp3) is 0.136. The van der Waals surface area contributed by atoms with Gasteiger partial charge in [0.1, 0.15) is 11.6 Å². The second-order valence-corrected chi connectivity index (χ2v) is 6.01. The number of methoxy groups -OCH3 is 1. The molecule has 1 N–H and O–H groups in total. The van der Waals surface area contributed by atoms with Gasteiger partial charge in [0.05, 0.1) is 12.7 Å². The lowest BCUT2D eigenvalue weighted by Gasteiger charge is -2.02. The number of benzene rings is 2. The molecule has 0 spiro atoms. The van der Waals surface area contributed by atoms with E-state index in [9.17, 15) is 14.9 Å². The first kappa shape index (κ1) is 18.2. The Hall–Kier alpha value is -3.65. The lowest BCUT2D eigenvalue weighted by atomic mass is 9.99. The fourth-order valence-corrected chi connectivity index (χ4v) is 2.99. The normalized spacial score (nSPS) is 11.2. The maximum Gasteiger partial charge on any atom is 0.337 e. The van der Waals surface area contributed by atoms with Crippen molar-refractivity contribution in [3.05, 3.63) is 76.5 Å². The van der Waals surface area contributed by atoms with E-state index in [1.165, 1.54) is 13.2 Å². The average molecular weight is 358 g/mol. The van der Waals surface area contributed by atoms with Crippen LogP contribution >= 0.6 is 0 Å². The molecule has 1 heterocycles. The number of hydrogen-bond donors (Lipinski definition) is 1. The van der Waals surface area contributed by atoms with E-state index in [2.05, 4.69) is 16.6 Å². The summed E-state index contributed by atoms with van der Waals surface area (Å²) in [4.78, 5) is 27.5. The van der Waals surface area contributed by atoms with E-state index in [1.807, 2.05) is 24.3 Å². The van der Waals surface area contributed by atoms with Crippen molar-refractivity contribution in [1.82, 2.24) is 4.98 Å². The van der Waals surface area contributed by atoms with Gasteiger partial charge in [-0.3, -0.25) is 4.79 Å². The van der Waals surface area contributed by atoms with Gasteiger partial charge in [-0.15, -0.1) is 0 Å².